The Labute approximate surface area is 61.3 Å². The fourth-order valence-corrected chi connectivity index (χ4v) is 0.431. The summed E-state index contributed by atoms with van der Waals surface area (Å²) in [6.45, 7) is 2.69. The van der Waals surface area contributed by atoms with Crippen molar-refractivity contribution >= 4 is 5.91 Å². The van der Waals surface area contributed by atoms with Crippen molar-refractivity contribution in [2.75, 3.05) is 6.54 Å². The van der Waals surface area contributed by atoms with E-state index in [0.717, 1.165) is 6.42 Å². The van der Waals surface area contributed by atoms with Crippen LogP contribution in [0, 0.1) is 12.3 Å². The minimum absolute atomic E-state index is 0.125. The fourth-order valence-electron chi connectivity index (χ4n) is 0.431. The monoisotopic (exact) mass is 137 g/mol. The molecule has 2 nitrogen and oxygen atoms in total. The minimum Gasteiger partial charge on any atom is -0.353 e. The number of rotatable bonds is 3. The fraction of sp³-hybridized carbons (Fsp3) is 0.375. The average molecular weight is 137 g/mol. The van der Waals surface area contributed by atoms with Gasteiger partial charge in [0.15, 0.2) is 0 Å². The highest BCUT2D eigenvalue weighted by atomic mass is 16.1. The quantitative estimate of drug-likeness (QED) is 0.450. The van der Waals surface area contributed by atoms with E-state index in [0.29, 0.717) is 6.54 Å². The number of nitrogens with one attached hydrogen (secondary N) is 1. The van der Waals surface area contributed by atoms with Gasteiger partial charge in [-0.1, -0.05) is 12.8 Å². The van der Waals surface area contributed by atoms with Crippen LogP contribution in [0.25, 0.3) is 0 Å². The molecule has 0 bridgehead atoms. The molecule has 0 aromatic carbocycles. The zero-order valence-electron chi connectivity index (χ0n) is 6.05. The highest BCUT2D eigenvalue weighted by Crippen LogP contribution is 1.73. The second-order valence-electron chi connectivity index (χ2n) is 1.79. The van der Waals surface area contributed by atoms with Crippen LogP contribution < -0.4 is 5.32 Å². The Hall–Kier alpha value is -1.23. The lowest BCUT2D eigenvalue weighted by Crippen LogP contribution is -2.21. The molecule has 0 fully saturated rings. The largest absolute Gasteiger partial charge is 0.353 e. The molecule has 54 valence electrons. The van der Waals surface area contributed by atoms with E-state index >= 15 is 0 Å². The molecule has 10 heavy (non-hydrogen) atoms. The van der Waals surface area contributed by atoms with Crippen LogP contribution in [0.15, 0.2) is 12.2 Å². The Morgan fingerprint density at radius 2 is 2.50 bits per heavy atom. The standard InChI is InChI=1S/C8H11NO/c1-3-5-6-8(10)9-7-4-2/h1,5-6H,4,7H2,2H3,(H,9,10)/b6-5+. The van der Waals surface area contributed by atoms with E-state index in [1.807, 2.05) is 6.92 Å². The molecule has 0 rings (SSSR count). The zero-order valence-corrected chi connectivity index (χ0v) is 6.05. The van der Waals surface area contributed by atoms with Gasteiger partial charge in [-0.2, -0.15) is 0 Å². The van der Waals surface area contributed by atoms with Crippen LogP contribution in [0.4, 0.5) is 0 Å². The molecule has 0 aliphatic heterocycles. The Balaban J connectivity index is 3.46. The number of hydrogen-bond donors (Lipinski definition) is 1. The van der Waals surface area contributed by atoms with Crippen LogP contribution in [0.3, 0.4) is 0 Å². The number of allylic oxidation sites excluding steroid dienone is 1. The van der Waals surface area contributed by atoms with Crippen molar-refractivity contribution in [2.45, 2.75) is 13.3 Å². The van der Waals surface area contributed by atoms with Crippen molar-refractivity contribution in [3.63, 3.8) is 0 Å². The summed E-state index contributed by atoms with van der Waals surface area (Å²) >= 11 is 0. The van der Waals surface area contributed by atoms with Gasteiger partial charge in [-0.3, -0.25) is 4.79 Å². The Kier molecular flexibility index (Phi) is 5.17. The van der Waals surface area contributed by atoms with E-state index < -0.39 is 0 Å². The summed E-state index contributed by atoms with van der Waals surface area (Å²) in [6, 6.07) is 0. The first-order valence-electron chi connectivity index (χ1n) is 3.21. The van der Waals surface area contributed by atoms with Gasteiger partial charge in [0.1, 0.15) is 0 Å². The zero-order chi connectivity index (χ0) is 7.82. The van der Waals surface area contributed by atoms with Crippen molar-refractivity contribution in [1.82, 2.24) is 5.32 Å². The van der Waals surface area contributed by atoms with Gasteiger partial charge < -0.3 is 5.32 Å². The topological polar surface area (TPSA) is 29.1 Å². The maximum Gasteiger partial charge on any atom is 0.244 e. The molecule has 1 N–H and O–H groups in total. The van der Waals surface area contributed by atoms with Crippen molar-refractivity contribution in [3.8, 4) is 12.3 Å². The third-order valence-corrected chi connectivity index (χ3v) is 0.880. The second-order valence-corrected chi connectivity index (χ2v) is 1.79. The van der Waals surface area contributed by atoms with Gasteiger partial charge in [0, 0.05) is 12.6 Å². The summed E-state index contributed by atoms with van der Waals surface area (Å²) < 4.78 is 0. The molecular formula is C8H11NO. The number of carbonyl (C=O) groups is 1. The lowest BCUT2D eigenvalue weighted by atomic mass is 10.4. The molecule has 0 aliphatic carbocycles. The maximum absolute atomic E-state index is 10.7. The van der Waals surface area contributed by atoms with Gasteiger partial charge >= 0.3 is 0 Å². The molecule has 0 aromatic heterocycles. The van der Waals surface area contributed by atoms with Crippen LogP contribution in [-0.4, -0.2) is 12.5 Å². The van der Waals surface area contributed by atoms with Crippen molar-refractivity contribution in [3.05, 3.63) is 12.2 Å². The van der Waals surface area contributed by atoms with Crippen molar-refractivity contribution < 1.29 is 4.79 Å². The van der Waals surface area contributed by atoms with E-state index in [-0.39, 0.29) is 5.91 Å². The van der Waals surface area contributed by atoms with Crippen molar-refractivity contribution in [1.29, 1.82) is 0 Å². The van der Waals surface area contributed by atoms with E-state index in [1.54, 1.807) is 0 Å². The number of terminal acetylenes is 1. The first-order valence-corrected chi connectivity index (χ1v) is 3.21. The molecule has 0 atom stereocenters. The first-order chi connectivity index (χ1) is 4.81. The van der Waals surface area contributed by atoms with Crippen LogP contribution >= 0.6 is 0 Å². The molecule has 0 aromatic rings. The van der Waals surface area contributed by atoms with Gasteiger partial charge in [0.2, 0.25) is 5.91 Å². The second kappa shape index (κ2) is 5.90. The summed E-state index contributed by atoms with van der Waals surface area (Å²) in [5.41, 5.74) is 0. The van der Waals surface area contributed by atoms with Gasteiger partial charge in [0.25, 0.3) is 0 Å². The van der Waals surface area contributed by atoms with Crippen LogP contribution in [-0.2, 0) is 4.79 Å². The number of carbonyl (C=O) groups excluding carboxylic acids is 1. The summed E-state index contributed by atoms with van der Waals surface area (Å²) in [4.78, 5) is 10.7. The molecule has 0 heterocycles. The normalized spacial score (nSPS) is 9.20. The average Bonchev–Trinajstić information content (AvgIpc) is 1.97. The van der Waals surface area contributed by atoms with E-state index in [9.17, 15) is 4.79 Å². The molecule has 0 saturated heterocycles. The van der Waals surface area contributed by atoms with Gasteiger partial charge in [0.05, 0.1) is 0 Å². The van der Waals surface area contributed by atoms with E-state index in [2.05, 4.69) is 11.2 Å². The minimum atomic E-state index is -0.125. The Morgan fingerprint density at radius 1 is 1.80 bits per heavy atom. The summed E-state index contributed by atoms with van der Waals surface area (Å²) in [5.74, 6) is 2.11. The van der Waals surface area contributed by atoms with E-state index in [1.165, 1.54) is 12.2 Å². The molecular weight excluding hydrogens is 126 g/mol. The predicted octanol–water partition coefficient (Wildman–Crippen LogP) is 0.702. The third-order valence-electron chi connectivity index (χ3n) is 0.880. The summed E-state index contributed by atoms with van der Waals surface area (Å²) in [7, 11) is 0. The van der Waals surface area contributed by atoms with Crippen LogP contribution in [0.1, 0.15) is 13.3 Å². The van der Waals surface area contributed by atoms with Gasteiger partial charge in [-0.25, -0.2) is 0 Å². The molecule has 0 unspecified atom stereocenters. The lowest BCUT2D eigenvalue weighted by Gasteiger charge is -1.95. The number of hydrogen-bond acceptors (Lipinski definition) is 1. The van der Waals surface area contributed by atoms with Crippen molar-refractivity contribution in [2.24, 2.45) is 0 Å². The first kappa shape index (κ1) is 8.77. The van der Waals surface area contributed by atoms with Gasteiger partial charge in [-0.15, -0.1) is 6.42 Å². The summed E-state index contributed by atoms with van der Waals surface area (Å²) in [6.07, 6.45) is 8.55. The van der Waals surface area contributed by atoms with Crippen LogP contribution in [0.5, 0.6) is 0 Å². The highest BCUT2D eigenvalue weighted by molar-refractivity contribution is 5.87. The Morgan fingerprint density at radius 3 is 3.00 bits per heavy atom. The smallest absolute Gasteiger partial charge is 0.244 e. The molecule has 0 saturated carbocycles. The molecule has 2 heteroatoms. The maximum atomic E-state index is 10.7. The highest BCUT2D eigenvalue weighted by Gasteiger charge is 1.88. The summed E-state index contributed by atoms with van der Waals surface area (Å²) in [5, 5.41) is 2.65. The predicted molar refractivity (Wildman–Crippen MR) is 41.3 cm³/mol. The SMILES string of the molecule is C#C/C=C/C(=O)NCCC. The lowest BCUT2D eigenvalue weighted by molar-refractivity contribution is -0.116. The van der Waals surface area contributed by atoms with Gasteiger partial charge in [-0.05, 0) is 12.5 Å². The third kappa shape index (κ3) is 4.92. The number of amides is 1. The van der Waals surface area contributed by atoms with E-state index in [4.69, 9.17) is 6.42 Å². The Bertz CT molecular complexity index is 165. The molecule has 0 radical (unpaired) electrons. The molecule has 1 amide bonds. The molecule has 0 spiro atoms. The molecule has 0 aliphatic rings. The van der Waals surface area contributed by atoms with Crippen LogP contribution in [0.2, 0.25) is 0 Å².